The van der Waals surface area contributed by atoms with Gasteiger partial charge in [0.2, 0.25) is 0 Å². The highest BCUT2D eigenvalue weighted by molar-refractivity contribution is 7.97. The molecule has 0 aliphatic carbocycles. The van der Waals surface area contributed by atoms with Crippen molar-refractivity contribution >= 4 is 41.8 Å². The molecule has 6 heteroatoms. The van der Waals surface area contributed by atoms with E-state index in [-0.39, 0.29) is 12.4 Å². The number of rotatable bonds is 6. The van der Waals surface area contributed by atoms with E-state index in [4.69, 9.17) is 5.53 Å². The summed E-state index contributed by atoms with van der Waals surface area (Å²) in [5.74, 6) is 0.443. The van der Waals surface area contributed by atoms with E-state index in [9.17, 15) is 0 Å². The number of halogens is 1. The van der Waals surface area contributed by atoms with E-state index in [2.05, 4.69) is 21.3 Å². The monoisotopic (exact) mass is 261 g/mol. The molecule has 0 saturated heterocycles. The molecule has 82 valence electrons. The third-order valence-corrected chi connectivity index (χ3v) is 2.58. The first-order valence-corrected chi connectivity index (χ1v) is 5.92. The smallest absolute Gasteiger partial charge is 0.125 e. The zero-order chi connectivity index (χ0) is 10.1. The predicted octanol–water partition coefficient (Wildman–Crippen LogP) is 3.92. The summed E-state index contributed by atoms with van der Waals surface area (Å²) in [5, 5.41) is 7.33. The van der Waals surface area contributed by atoms with Crippen LogP contribution in [0.5, 0.6) is 0 Å². The van der Waals surface area contributed by atoms with E-state index in [1.807, 2.05) is 29.8 Å². The van der Waals surface area contributed by atoms with Crippen molar-refractivity contribution < 1.29 is 0 Å². The van der Waals surface area contributed by atoms with Crippen LogP contribution in [0.25, 0.3) is 6.08 Å². The lowest BCUT2D eigenvalue weighted by Gasteiger charge is -1.91. The Morgan fingerprint density at radius 1 is 1.53 bits per heavy atom. The Hall–Kier alpha value is -0.780. The van der Waals surface area contributed by atoms with Crippen LogP contribution in [-0.4, -0.2) is 5.88 Å². The molecule has 2 N–H and O–H groups in total. The maximum atomic E-state index is 6.54. The summed E-state index contributed by atoms with van der Waals surface area (Å²) < 4.78 is 2.94. The van der Waals surface area contributed by atoms with Gasteiger partial charge in [-0.2, -0.15) is 16.5 Å². The van der Waals surface area contributed by atoms with Crippen molar-refractivity contribution in [2.45, 2.75) is 0 Å². The molecule has 0 unspecified atom stereocenters. The number of nitrogens with one attached hydrogen (secondary N) is 2. The van der Waals surface area contributed by atoms with Crippen LogP contribution in [0.3, 0.4) is 0 Å². The molecule has 15 heavy (non-hydrogen) atoms. The molecule has 0 aliphatic heterocycles. The van der Waals surface area contributed by atoms with Crippen LogP contribution in [0.4, 0.5) is 0 Å². The molecule has 0 bridgehead atoms. The Morgan fingerprint density at radius 3 is 3.07 bits per heavy atom. The molecule has 0 saturated carbocycles. The van der Waals surface area contributed by atoms with Crippen LogP contribution in [0, 0.1) is 5.53 Å². The predicted molar refractivity (Wildman–Crippen MR) is 70.5 cm³/mol. The van der Waals surface area contributed by atoms with Gasteiger partial charge in [-0.1, -0.05) is 12.2 Å². The van der Waals surface area contributed by atoms with Gasteiger partial charge < -0.3 is 4.72 Å². The van der Waals surface area contributed by atoms with Crippen molar-refractivity contribution in [1.29, 1.82) is 5.53 Å². The molecule has 1 aromatic heterocycles. The van der Waals surface area contributed by atoms with Crippen molar-refractivity contribution in [2.24, 2.45) is 5.11 Å². The van der Waals surface area contributed by atoms with Crippen molar-refractivity contribution in [3.8, 4) is 0 Å². The van der Waals surface area contributed by atoms with Gasteiger partial charge in [-0.05, 0) is 40.4 Å². The molecule has 0 spiro atoms. The fraction of sp³-hybridized carbons (Fsp3) is 0.111. The van der Waals surface area contributed by atoms with Gasteiger partial charge in [0.15, 0.2) is 0 Å². The fourth-order valence-corrected chi connectivity index (χ4v) is 1.69. The molecule has 1 heterocycles. The van der Waals surface area contributed by atoms with Gasteiger partial charge in [0.25, 0.3) is 0 Å². The zero-order valence-electron chi connectivity index (χ0n) is 7.92. The lowest BCUT2D eigenvalue weighted by molar-refractivity contribution is 1.05. The summed E-state index contributed by atoms with van der Waals surface area (Å²) in [6.07, 6.45) is 7.73. The Balaban J connectivity index is 0.00000196. The first-order chi connectivity index (χ1) is 6.93. The van der Waals surface area contributed by atoms with Gasteiger partial charge >= 0.3 is 0 Å². The molecule has 3 nitrogen and oxygen atoms in total. The van der Waals surface area contributed by atoms with Gasteiger partial charge in [0.05, 0.1) is 0 Å². The largest absolute Gasteiger partial charge is 0.335 e. The first kappa shape index (κ1) is 14.2. The van der Waals surface area contributed by atoms with Gasteiger partial charge in [-0.25, -0.2) is 5.53 Å². The average molecular weight is 262 g/mol. The topological polar surface area (TPSA) is 48.2 Å². The second-order valence-corrected chi connectivity index (χ2v) is 3.89. The Bertz CT molecular complexity index is 309. The summed E-state index contributed by atoms with van der Waals surface area (Å²) in [7, 11) is 0. The summed E-state index contributed by atoms with van der Waals surface area (Å²) >= 11 is 3.06. The summed E-state index contributed by atoms with van der Waals surface area (Å²) in [4.78, 5) is 0. The van der Waals surface area contributed by atoms with Gasteiger partial charge in [0.1, 0.15) is 5.88 Å². The summed E-state index contributed by atoms with van der Waals surface area (Å²) in [6, 6.07) is 2.07. The lowest BCUT2D eigenvalue weighted by Crippen LogP contribution is -1.89. The van der Waals surface area contributed by atoms with Crippen LogP contribution >= 0.6 is 35.7 Å². The third kappa shape index (κ3) is 7.18. The molecule has 0 atom stereocenters. The molecule has 0 fully saturated rings. The van der Waals surface area contributed by atoms with E-state index in [1.165, 1.54) is 17.5 Å². The molecular formula is C9H12ClN3S2. The number of hydrogen-bond donors (Lipinski definition) is 2. The average Bonchev–Trinajstić information content (AvgIpc) is 2.69. The lowest BCUT2D eigenvalue weighted by atomic mass is 10.3. The maximum absolute atomic E-state index is 6.54. The van der Waals surface area contributed by atoms with E-state index < -0.39 is 0 Å². The fourth-order valence-electron chi connectivity index (χ4n) is 0.749. The van der Waals surface area contributed by atoms with Crippen molar-refractivity contribution in [1.82, 2.24) is 4.72 Å². The van der Waals surface area contributed by atoms with E-state index in [0.717, 1.165) is 0 Å². The highest BCUT2D eigenvalue weighted by Gasteiger charge is 1.81. The number of nitrogens with zero attached hydrogens (tertiary/aromatic N) is 1. The highest BCUT2D eigenvalue weighted by atomic mass is 35.5. The maximum Gasteiger partial charge on any atom is 0.125 e. The van der Waals surface area contributed by atoms with Gasteiger partial charge in [-0.3, -0.25) is 0 Å². The minimum absolute atomic E-state index is 0. The van der Waals surface area contributed by atoms with E-state index in [1.54, 1.807) is 11.3 Å². The highest BCUT2D eigenvalue weighted by Crippen LogP contribution is 2.07. The molecule has 0 amide bonds. The van der Waals surface area contributed by atoms with Crippen LogP contribution in [-0.2, 0) is 0 Å². The normalized spacial score (nSPS) is 10.4. The van der Waals surface area contributed by atoms with E-state index >= 15 is 0 Å². The number of thiophene rings is 1. The van der Waals surface area contributed by atoms with Crippen LogP contribution < -0.4 is 4.72 Å². The molecule has 0 aliphatic rings. The van der Waals surface area contributed by atoms with Crippen LogP contribution in [0.2, 0.25) is 0 Å². The van der Waals surface area contributed by atoms with Gasteiger partial charge in [-0.15, -0.1) is 12.4 Å². The molecule has 0 aromatic carbocycles. The summed E-state index contributed by atoms with van der Waals surface area (Å²) in [6.45, 7) is 0. The molecule has 0 radical (unpaired) electrons. The second kappa shape index (κ2) is 9.76. The quantitative estimate of drug-likeness (QED) is 0.353. The second-order valence-electron chi connectivity index (χ2n) is 2.32. The number of hydrogen-bond acceptors (Lipinski definition) is 5. The minimum atomic E-state index is 0. The molecule has 1 aromatic rings. The zero-order valence-corrected chi connectivity index (χ0v) is 10.4. The van der Waals surface area contributed by atoms with Crippen LogP contribution in [0.1, 0.15) is 5.56 Å². The number of allylic oxidation sites excluding steroid dienone is 2. The van der Waals surface area contributed by atoms with Crippen molar-refractivity contribution in [2.75, 3.05) is 5.88 Å². The Morgan fingerprint density at radius 2 is 2.40 bits per heavy atom. The van der Waals surface area contributed by atoms with Crippen LogP contribution in [0.15, 0.2) is 40.3 Å². The molecular weight excluding hydrogens is 250 g/mol. The molecule has 1 rings (SSSR count). The van der Waals surface area contributed by atoms with E-state index in [0.29, 0.717) is 5.88 Å². The standard InChI is InChI=1S/C9H11N3S2.ClH/c10-11-8-14-12-5-2-1-3-9-4-6-13-7-9;/h1-7,10,12H,8H2;1H. The summed E-state index contributed by atoms with van der Waals surface area (Å²) in [5.41, 5.74) is 7.76. The third-order valence-electron chi connectivity index (χ3n) is 1.32. The first-order valence-electron chi connectivity index (χ1n) is 3.99. The Kier molecular flexibility index (Phi) is 9.26. The minimum Gasteiger partial charge on any atom is -0.335 e. The SMILES string of the molecule is Cl.N=NCSNC=CC=Cc1ccsc1. The van der Waals surface area contributed by atoms with Gasteiger partial charge in [0, 0.05) is 6.20 Å². The van der Waals surface area contributed by atoms with Crippen molar-refractivity contribution in [3.05, 3.63) is 40.7 Å². The Labute approximate surface area is 104 Å². The van der Waals surface area contributed by atoms with Crippen molar-refractivity contribution in [3.63, 3.8) is 0 Å².